The number of halogens is 3. The molecule has 0 amide bonds. The van der Waals surface area contributed by atoms with Crippen LogP contribution in [0.3, 0.4) is 0 Å². The molecular formula is C14H20F3NO. The minimum absolute atomic E-state index is 0.221. The van der Waals surface area contributed by atoms with Crippen molar-refractivity contribution in [2.75, 3.05) is 13.7 Å². The zero-order chi connectivity index (χ0) is 14.5. The first-order valence-electron chi connectivity index (χ1n) is 6.16. The fourth-order valence-corrected chi connectivity index (χ4v) is 1.58. The van der Waals surface area contributed by atoms with Crippen LogP contribution in [0.25, 0.3) is 0 Å². The molecule has 5 heteroatoms. The summed E-state index contributed by atoms with van der Waals surface area (Å²) in [6.07, 6.45) is -3.49. The van der Waals surface area contributed by atoms with E-state index in [9.17, 15) is 13.2 Å². The number of nitrogens with one attached hydrogen (secondary N) is 1. The molecule has 0 saturated carbocycles. The fraction of sp³-hybridized carbons (Fsp3) is 0.571. The fourth-order valence-electron chi connectivity index (χ4n) is 1.58. The van der Waals surface area contributed by atoms with Crippen LogP contribution in [-0.2, 0) is 17.5 Å². The number of rotatable bonds is 6. The first-order chi connectivity index (χ1) is 8.74. The lowest BCUT2D eigenvalue weighted by molar-refractivity contribution is -0.137. The number of hydrogen-bond acceptors (Lipinski definition) is 2. The summed E-state index contributed by atoms with van der Waals surface area (Å²) in [5.41, 5.74) is -0.199. The van der Waals surface area contributed by atoms with Gasteiger partial charge in [0.2, 0.25) is 0 Å². The van der Waals surface area contributed by atoms with E-state index in [1.54, 1.807) is 13.2 Å². The number of hydrogen-bond donors (Lipinski definition) is 1. The van der Waals surface area contributed by atoms with Crippen LogP contribution in [-0.4, -0.2) is 19.3 Å². The van der Waals surface area contributed by atoms with Gasteiger partial charge in [0.1, 0.15) is 0 Å². The SMILES string of the molecule is COC(C)(C)CCNCc1cccc(C(F)(F)F)c1. The molecule has 2 nitrogen and oxygen atoms in total. The van der Waals surface area contributed by atoms with Gasteiger partial charge in [-0.15, -0.1) is 0 Å². The van der Waals surface area contributed by atoms with E-state index in [4.69, 9.17) is 4.74 Å². The predicted octanol–water partition coefficient (Wildman–Crippen LogP) is 3.61. The molecule has 1 N–H and O–H groups in total. The molecule has 0 aliphatic heterocycles. The van der Waals surface area contributed by atoms with Crippen molar-refractivity contribution in [3.8, 4) is 0 Å². The maximum absolute atomic E-state index is 12.5. The summed E-state index contributed by atoms with van der Waals surface area (Å²) in [5.74, 6) is 0. The van der Waals surface area contributed by atoms with E-state index in [1.807, 2.05) is 13.8 Å². The smallest absolute Gasteiger partial charge is 0.379 e. The third-order valence-corrected chi connectivity index (χ3v) is 3.04. The molecule has 0 aliphatic carbocycles. The molecule has 108 valence electrons. The molecule has 1 aromatic rings. The van der Waals surface area contributed by atoms with Gasteiger partial charge in [-0.3, -0.25) is 0 Å². The molecule has 0 heterocycles. The monoisotopic (exact) mass is 275 g/mol. The molecule has 1 aromatic carbocycles. The Morgan fingerprint density at radius 3 is 2.47 bits per heavy atom. The molecule has 0 bridgehead atoms. The summed E-state index contributed by atoms with van der Waals surface area (Å²) >= 11 is 0. The third kappa shape index (κ3) is 5.61. The van der Waals surface area contributed by atoms with Crippen LogP contribution in [0.15, 0.2) is 24.3 Å². The quantitative estimate of drug-likeness (QED) is 0.801. The van der Waals surface area contributed by atoms with Crippen LogP contribution in [0.4, 0.5) is 13.2 Å². The highest BCUT2D eigenvalue weighted by atomic mass is 19.4. The molecular weight excluding hydrogens is 255 g/mol. The van der Waals surface area contributed by atoms with Crippen LogP contribution in [0.5, 0.6) is 0 Å². The van der Waals surface area contributed by atoms with Crippen LogP contribution >= 0.6 is 0 Å². The number of ether oxygens (including phenoxy) is 1. The zero-order valence-electron chi connectivity index (χ0n) is 11.5. The van der Waals surface area contributed by atoms with Gasteiger partial charge in [0.15, 0.2) is 0 Å². The topological polar surface area (TPSA) is 21.3 Å². The average Bonchev–Trinajstić information content (AvgIpc) is 2.34. The van der Waals surface area contributed by atoms with Crippen molar-refractivity contribution < 1.29 is 17.9 Å². The van der Waals surface area contributed by atoms with E-state index in [2.05, 4.69) is 5.32 Å². The molecule has 0 atom stereocenters. The van der Waals surface area contributed by atoms with Crippen LogP contribution in [0.2, 0.25) is 0 Å². The first-order valence-corrected chi connectivity index (χ1v) is 6.16. The van der Waals surface area contributed by atoms with Crippen LogP contribution < -0.4 is 5.32 Å². The Labute approximate surface area is 112 Å². The second kappa shape index (κ2) is 6.39. The van der Waals surface area contributed by atoms with Crippen molar-refractivity contribution in [3.63, 3.8) is 0 Å². The van der Waals surface area contributed by atoms with Crippen molar-refractivity contribution in [3.05, 3.63) is 35.4 Å². The second-order valence-corrected chi connectivity index (χ2v) is 5.09. The largest absolute Gasteiger partial charge is 0.416 e. The second-order valence-electron chi connectivity index (χ2n) is 5.09. The Hall–Kier alpha value is -1.07. The third-order valence-electron chi connectivity index (χ3n) is 3.04. The van der Waals surface area contributed by atoms with E-state index in [0.717, 1.165) is 12.5 Å². The summed E-state index contributed by atoms with van der Waals surface area (Å²) in [6, 6.07) is 5.37. The molecule has 0 unspecified atom stereocenters. The zero-order valence-corrected chi connectivity index (χ0v) is 11.5. The maximum atomic E-state index is 12.5. The Balaban J connectivity index is 2.46. The van der Waals surface area contributed by atoms with Gasteiger partial charge in [0, 0.05) is 13.7 Å². The predicted molar refractivity (Wildman–Crippen MR) is 68.9 cm³/mol. The number of benzene rings is 1. The lowest BCUT2D eigenvalue weighted by Gasteiger charge is -2.22. The van der Waals surface area contributed by atoms with Gasteiger partial charge in [-0.1, -0.05) is 18.2 Å². The minimum atomic E-state index is -4.28. The summed E-state index contributed by atoms with van der Waals surface area (Å²) in [5, 5.41) is 3.12. The Morgan fingerprint density at radius 1 is 1.21 bits per heavy atom. The molecule has 0 aliphatic rings. The van der Waals surface area contributed by atoms with Gasteiger partial charge in [0.05, 0.1) is 11.2 Å². The van der Waals surface area contributed by atoms with E-state index in [1.165, 1.54) is 12.1 Å². The molecule has 0 fully saturated rings. The summed E-state index contributed by atoms with van der Waals surface area (Å²) in [7, 11) is 1.65. The van der Waals surface area contributed by atoms with Gasteiger partial charge in [-0.05, 0) is 38.4 Å². The average molecular weight is 275 g/mol. The van der Waals surface area contributed by atoms with Crippen molar-refractivity contribution in [2.24, 2.45) is 0 Å². The van der Waals surface area contributed by atoms with Crippen molar-refractivity contribution in [1.29, 1.82) is 0 Å². The van der Waals surface area contributed by atoms with Gasteiger partial charge in [-0.25, -0.2) is 0 Å². The van der Waals surface area contributed by atoms with Gasteiger partial charge >= 0.3 is 6.18 Å². The molecule has 0 radical (unpaired) electrons. The van der Waals surface area contributed by atoms with Crippen LogP contribution in [0, 0.1) is 0 Å². The van der Waals surface area contributed by atoms with Crippen LogP contribution in [0.1, 0.15) is 31.4 Å². The Bertz CT molecular complexity index is 402. The number of alkyl halides is 3. The molecule has 0 spiro atoms. The standard InChI is InChI=1S/C14H20F3NO/c1-13(2,19-3)7-8-18-10-11-5-4-6-12(9-11)14(15,16)17/h4-6,9,18H,7-8,10H2,1-3H3. The molecule has 0 aromatic heterocycles. The normalized spacial score (nSPS) is 12.7. The van der Waals surface area contributed by atoms with E-state index in [0.29, 0.717) is 18.7 Å². The van der Waals surface area contributed by atoms with Crippen molar-refractivity contribution >= 4 is 0 Å². The lowest BCUT2D eigenvalue weighted by atomic mass is 10.1. The van der Waals surface area contributed by atoms with E-state index < -0.39 is 11.7 Å². The van der Waals surface area contributed by atoms with Crippen molar-refractivity contribution in [1.82, 2.24) is 5.32 Å². The minimum Gasteiger partial charge on any atom is -0.379 e. The summed E-state index contributed by atoms with van der Waals surface area (Å²) in [6.45, 7) is 5.05. The first kappa shape index (κ1) is 16.0. The summed E-state index contributed by atoms with van der Waals surface area (Å²) in [4.78, 5) is 0. The Morgan fingerprint density at radius 2 is 1.89 bits per heavy atom. The van der Waals surface area contributed by atoms with Gasteiger partial charge < -0.3 is 10.1 Å². The highest BCUT2D eigenvalue weighted by molar-refractivity contribution is 5.25. The maximum Gasteiger partial charge on any atom is 0.416 e. The highest BCUT2D eigenvalue weighted by Crippen LogP contribution is 2.29. The highest BCUT2D eigenvalue weighted by Gasteiger charge is 2.30. The molecule has 0 saturated heterocycles. The molecule has 19 heavy (non-hydrogen) atoms. The summed E-state index contributed by atoms with van der Waals surface area (Å²) < 4.78 is 42.8. The number of methoxy groups -OCH3 is 1. The van der Waals surface area contributed by atoms with E-state index in [-0.39, 0.29) is 5.60 Å². The Kier molecular flexibility index (Phi) is 5.38. The van der Waals surface area contributed by atoms with Crippen molar-refractivity contribution in [2.45, 2.75) is 38.6 Å². The molecule has 1 rings (SSSR count). The lowest BCUT2D eigenvalue weighted by Crippen LogP contribution is -2.28. The van der Waals surface area contributed by atoms with E-state index >= 15 is 0 Å². The van der Waals surface area contributed by atoms with Gasteiger partial charge in [0.25, 0.3) is 0 Å². The van der Waals surface area contributed by atoms with Gasteiger partial charge in [-0.2, -0.15) is 13.2 Å².